The molecular weight excluding hydrogens is 190 g/mol. The normalized spacial score (nSPS) is 9.67. The molecule has 1 rings (SSSR count). The van der Waals surface area contributed by atoms with Crippen LogP contribution in [0.2, 0.25) is 0 Å². The van der Waals surface area contributed by atoms with Crippen molar-refractivity contribution in [3.63, 3.8) is 0 Å². The van der Waals surface area contributed by atoms with Crippen LogP contribution in [0.25, 0.3) is 0 Å². The number of terminal acetylenes is 1. The van der Waals surface area contributed by atoms with Gasteiger partial charge in [0.05, 0.1) is 18.4 Å². The summed E-state index contributed by atoms with van der Waals surface area (Å²) in [5.41, 5.74) is 0.620. The molecule has 0 aliphatic rings. The molecule has 0 unspecified atom stereocenters. The Morgan fingerprint density at radius 3 is 2.87 bits per heavy atom. The first-order valence-electron chi connectivity index (χ1n) is 5.03. The largest absolute Gasteiger partial charge is 0.469 e. The summed E-state index contributed by atoms with van der Waals surface area (Å²) >= 11 is 0. The molecule has 80 valence electrons. The molecule has 15 heavy (non-hydrogen) atoms. The first-order chi connectivity index (χ1) is 7.24. The predicted molar refractivity (Wildman–Crippen MR) is 58.5 cm³/mol. The first kappa shape index (κ1) is 11.4. The number of rotatable bonds is 4. The molecule has 3 heteroatoms. The monoisotopic (exact) mass is 205 g/mol. The molecule has 3 nitrogen and oxygen atoms in total. The van der Waals surface area contributed by atoms with Crippen LogP contribution in [-0.2, 0) is 6.42 Å². The van der Waals surface area contributed by atoms with Crippen molar-refractivity contribution in [2.24, 2.45) is 0 Å². The predicted octanol–water partition coefficient (Wildman–Crippen LogP) is 1.94. The molecule has 1 heterocycles. The lowest BCUT2D eigenvalue weighted by atomic mass is 10.2. The van der Waals surface area contributed by atoms with Crippen molar-refractivity contribution in [3.8, 4) is 12.3 Å². The summed E-state index contributed by atoms with van der Waals surface area (Å²) < 4.78 is 5.21. The summed E-state index contributed by atoms with van der Waals surface area (Å²) in [6, 6.07) is 1.69. The summed E-state index contributed by atoms with van der Waals surface area (Å²) in [6.07, 6.45) is 7.45. The van der Waals surface area contributed by atoms with Gasteiger partial charge in [0, 0.05) is 13.0 Å². The minimum atomic E-state index is -0.0546. The van der Waals surface area contributed by atoms with E-state index in [-0.39, 0.29) is 5.91 Å². The van der Waals surface area contributed by atoms with Crippen LogP contribution in [-0.4, -0.2) is 23.9 Å². The van der Waals surface area contributed by atoms with Crippen molar-refractivity contribution in [1.82, 2.24) is 4.90 Å². The molecule has 1 aromatic heterocycles. The van der Waals surface area contributed by atoms with Gasteiger partial charge in [0.15, 0.2) is 0 Å². The van der Waals surface area contributed by atoms with Crippen LogP contribution in [0, 0.1) is 12.3 Å². The summed E-state index contributed by atoms with van der Waals surface area (Å²) in [5, 5.41) is 0. The van der Waals surface area contributed by atoms with E-state index in [0.717, 1.165) is 5.76 Å². The summed E-state index contributed by atoms with van der Waals surface area (Å²) in [7, 11) is 0. The number of nitrogens with zero attached hydrogens (tertiary/aromatic N) is 1. The van der Waals surface area contributed by atoms with Gasteiger partial charge in [0.25, 0.3) is 5.91 Å². The van der Waals surface area contributed by atoms with E-state index in [1.807, 2.05) is 13.8 Å². The number of carbonyl (C=O) groups excluding carboxylic acids is 1. The Morgan fingerprint density at radius 1 is 1.60 bits per heavy atom. The third kappa shape index (κ3) is 2.41. The number of amides is 1. The lowest BCUT2D eigenvalue weighted by Crippen LogP contribution is -2.31. The van der Waals surface area contributed by atoms with E-state index in [9.17, 15) is 4.79 Å². The molecule has 0 saturated carbocycles. The Balaban J connectivity index is 2.88. The second-order valence-corrected chi connectivity index (χ2v) is 3.13. The Kier molecular flexibility index (Phi) is 3.99. The molecule has 0 atom stereocenters. The number of hydrogen-bond donors (Lipinski definition) is 0. The van der Waals surface area contributed by atoms with E-state index in [4.69, 9.17) is 10.8 Å². The van der Waals surface area contributed by atoms with Crippen molar-refractivity contribution < 1.29 is 9.21 Å². The van der Waals surface area contributed by atoms with E-state index in [2.05, 4.69) is 5.92 Å². The van der Waals surface area contributed by atoms with Crippen molar-refractivity contribution >= 4 is 5.91 Å². The fraction of sp³-hybridized carbons (Fsp3) is 0.417. The SMILES string of the molecule is C#CCN(CC)C(=O)c1ccoc1CC. The van der Waals surface area contributed by atoms with Gasteiger partial charge < -0.3 is 9.32 Å². The zero-order valence-electron chi connectivity index (χ0n) is 9.12. The maximum atomic E-state index is 12.0. The molecule has 0 saturated heterocycles. The Labute approximate surface area is 90.1 Å². The van der Waals surface area contributed by atoms with Gasteiger partial charge in [0.1, 0.15) is 5.76 Å². The highest BCUT2D eigenvalue weighted by Crippen LogP contribution is 2.13. The van der Waals surface area contributed by atoms with Crippen LogP contribution in [0.15, 0.2) is 16.7 Å². The van der Waals surface area contributed by atoms with Crippen LogP contribution in [0.3, 0.4) is 0 Å². The summed E-state index contributed by atoms with van der Waals surface area (Å²) in [5.74, 6) is 3.14. The molecular formula is C12H15NO2. The van der Waals surface area contributed by atoms with Gasteiger partial charge in [-0.1, -0.05) is 12.8 Å². The highest BCUT2D eigenvalue weighted by molar-refractivity contribution is 5.95. The van der Waals surface area contributed by atoms with Crippen LogP contribution >= 0.6 is 0 Å². The van der Waals surface area contributed by atoms with Gasteiger partial charge in [-0.25, -0.2) is 0 Å². The molecule has 0 aliphatic heterocycles. The molecule has 0 N–H and O–H groups in total. The lowest BCUT2D eigenvalue weighted by molar-refractivity contribution is 0.0782. The standard InChI is InChI=1S/C12H15NO2/c1-4-8-13(6-3)12(14)10-7-9-15-11(10)5-2/h1,7,9H,5-6,8H2,2-3H3. The van der Waals surface area contributed by atoms with Crippen LogP contribution in [0.1, 0.15) is 30.0 Å². The molecule has 0 bridgehead atoms. The van der Waals surface area contributed by atoms with Crippen molar-refractivity contribution in [2.75, 3.05) is 13.1 Å². The van der Waals surface area contributed by atoms with Gasteiger partial charge in [0.2, 0.25) is 0 Å². The third-order valence-corrected chi connectivity index (χ3v) is 2.25. The van der Waals surface area contributed by atoms with Gasteiger partial charge in [-0.15, -0.1) is 6.42 Å². The van der Waals surface area contributed by atoms with Gasteiger partial charge >= 0.3 is 0 Å². The van der Waals surface area contributed by atoms with Crippen molar-refractivity contribution in [1.29, 1.82) is 0 Å². The highest BCUT2D eigenvalue weighted by Gasteiger charge is 2.18. The van der Waals surface area contributed by atoms with Crippen LogP contribution in [0.4, 0.5) is 0 Å². The van der Waals surface area contributed by atoms with Crippen LogP contribution < -0.4 is 0 Å². The second kappa shape index (κ2) is 5.26. The zero-order valence-corrected chi connectivity index (χ0v) is 9.12. The Morgan fingerprint density at radius 2 is 2.33 bits per heavy atom. The fourth-order valence-corrected chi connectivity index (χ4v) is 1.41. The number of furan rings is 1. The number of aryl methyl sites for hydroxylation is 1. The van der Waals surface area contributed by atoms with Gasteiger partial charge in [-0.3, -0.25) is 4.79 Å². The summed E-state index contributed by atoms with van der Waals surface area (Å²) in [6.45, 7) is 4.80. The van der Waals surface area contributed by atoms with E-state index < -0.39 is 0 Å². The molecule has 1 amide bonds. The third-order valence-electron chi connectivity index (χ3n) is 2.25. The quantitative estimate of drug-likeness (QED) is 0.704. The summed E-state index contributed by atoms with van der Waals surface area (Å²) in [4.78, 5) is 13.6. The topological polar surface area (TPSA) is 33.5 Å². The Hall–Kier alpha value is -1.69. The first-order valence-corrected chi connectivity index (χ1v) is 5.03. The molecule has 0 aromatic carbocycles. The molecule has 1 aromatic rings. The molecule has 0 radical (unpaired) electrons. The fourth-order valence-electron chi connectivity index (χ4n) is 1.41. The minimum Gasteiger partial charge on any atom is -0.469 e. The Bertz CT molecular complexity index is 373. The van der Waals surface area contributed by atoms with Gasteiger partial charge in [-0.2, -0.15) is 0 Å². The van der Waals surface area contributed by atoms with E-state index in [0.29, 0.717) is 25.1 Å². The average molecular weight is 205 g/mol. The maximum Gasteiger partial charge on any atom is 0.258 e. The zero-order chi connectivity index (χ0) is 11.3. The lowest BCUT2D eigenvalue weighted by Gasteiger charge is -2.17. The smallest absolute Gasteiger partial charge is 0.258 e. The molecule has 0 aliphatic carbocycles. The van der Waals surface area contributed by atoms with Crippen LogP contribution in [0.5, 0.6) is 0 Å². The molecule has 0 fully saturated rings. The maximum absolute atomic E-state index is 12.0. The van der Waals surface area contributed by atoms with Crippen molar-refractivity contribution in [2.45, 2.75) is 20.3 Å². The molecule has 0 spiro atoms. The average Bonchev–Trinajstić information content (AvgIpc) is 2.72. The second-order valence-electron chi connectivity index (χ2n) is 3.13. The van der Waals surface area contributed by atoms with Crippen molar-refractivity contribution in [3.05, 3.63) is 23.7 Å². The number of hydrogen-bond acceptors (Lipinski definition) is 2. The van der Waals surface area contributed by atoms with Gasteiger partial charge in [-0.05, 0) is 13.0 Å². The minimum absolute atomic E-state index is 0.0546. The van der Waals surface area contributed by atoms with E-state index in [1.54, 1.807) is 11.0 Å². The van der Waals surface area contributed by atoms with E-state index >= 15 is 0 Å². The van der Waals surface area contributed by atoms with E-state index in [1.165, 1.54) is 6.26 Å². The highest BCUT2D eigenvalue weighted by atomic mass is 16.3. The number of carbonyl (C=O) groups is 1.